The largest absolute Gasteiger partial charge is 0.327 e. The molecule has 0 aromatic heterocycles. The lowest BCUT2D eigenvalue weighted by molar-refractivity contribution is 0.506. The molecule has 0 saturated heterocycles. The molecule has 0 bridgehead atoms. The van der Waals surface area contributed by atoms with E-state index in [2.05, 4.69) is 0 Å². The molecule has 4 heteroatoms. The third-order valence-corrected chi connectivity index (χ3v) is 6.28. The predicted octanol–water partition coefficient (Wildman–Crippen LogP) is 2.04. The van der Waals surface area contributed by atoms with E-state index in [1.54, 1.807) is 0 Å². The summed E-state index contributed by atoms with van der Waals surface area (Å²) in [4.78, 5) is 0. The van der Waals surface area contributed by atoms with Gasteiger partial charge in [-0.05, 0) is 31.2 Å². The Morgan fingerprint density at radius 1 is 1.33 bits per heavy atom. The summed E-state index contributed by atoms with van der Waals surface area (Å²) in [6, 6.07) is 7.73. The normalized spacial score (nSPS) is 28.5. The Morgan fingerprint density at radius 2 is 2.06 bits per heavy atom. The SMILES string of the molecule is Cc1cccc(CS(=O)(=O)C2CCC(N)C2C)c1. The molecule has 0 spiro atoms. The van der Waals surface area contributed by atoms with E-state index in [0.717, 1.165) is 17.5 Å². The number of hydrogen-bond donors (Lipinski definition) is 1. The minimum absolute atomic E-state index is 0.0299. The van der Waals surface area contributed by atoms with Gasteiger partial charge in [-0.2, -0.15) is 0 Å². The van der Waals surface area contributed by atoms with Crippen LogP contribution in [0.3, 0.4) is 0 Å². The van der Waals surface area contributed by atoms with Gasteiger partial charge in [0.25, 0.3) is 0 Å². The molecule has 2 N–H and O–H groups in total. The van der Waals surface area contributed by atoms with Crippen LogP contribution in [0.5, 0.6) is 0 Å². The van der Waals surface area contributed by atoms with Crippen molar-refractivity contribution in [3.63, 3.8) is 0 Å². The molecule has 100 valence electrons. The molecule has 0 radical (unpaired) electrons. The van der Waals surface area contributed by atoms with E-state index in [1.807, 2.05) is 38.1 Å². The second-order valence-corrected chi connectivity index (χ2v) is 7.65. The fourth-order valence-electron chi connectivity index (χ4n) is 2.81. The predicted molar refractivity (Wildman–Crippen MR) is 74.0 cm³/mol. The number of aryl methyl sites for hydroxylation is 1. The van der Waals surface area contributed by atoms with Crippen molar-refractivity contribution in [1.82, 2.24) is 0 Å². The summed E-state index contributed by atoms with van der Waals surface area (Å²) in [5.41, 5.74) is 7.89. The fraction of sp³-hybridized carbons (Fsp3) is 0.571. The summed E-state index contributed by atoms with van der Waals surface area (Å²) in [5.74, 6) is 0.205. The molecule has 3 atom stereocenters. The van der Waals surface area contributed by atoms with Gasteiger partial charge in [0.15, 0.2) is 9.84 Å². The lowest BCUT2D eigenvalue weighted by Crippen LogP contribution is -2.32. The Bertz CT molecular complexity index is 524. The summed E-state index contributed by atoms with van der Waals surface area (Å²) >= 11 is 0. The second kappa shape index (κ2) is 5.02. The minimum Gasteiger partial charge on any atom is -0.327 e. The number of sulfone groups is 1. The highest BCUT2D eigenvalue weighted by molar-refractivity contribution is 7.91. The van der Waals surface area contributed by atoms with E-state index in [-0.39, 0.29) is 23.0 Å². The van der Waals surface area contributed by atoms with Crippen molar-refractivity contribution in [3.05, 3.63) is 35.4 Å². The molecule has 3 unspecified atom stereocenters. The molecule has 18 heavy (non-hydrogen) atoms. The van der Waals surface area contributed by atoms with E-state index >= 15 is 0 Å². The maximum Gasteiger partial charge on any atom is 0.157 e. The number of hydrogen-bond acceptors (Lipinski definition) is 3. The average Bonchev–Trinajstić information content (AvgIpc) is 2.59. The summed E-state index contributed by atoms with van der Waals surface area (Å²) < 4.78 is 24.8. The molecule has 0 aliphatic heterocycles. The summed E-state index contributed by atoms with van der Waals surface area (Å²) in [6.07, 6.45) is 1.52. The van der Waals surface area contributed by atoms with Crippen molar-refractivity contribution >= 4 is 9.84 Å². The van der Waals surface area contributed by atoms with Gasteiger partial charge in [0.1, 0.15) is 0 Å². The third-order valence-electron chi connectivity index (χ3n) is 3.96. The summed E-state index contributed by atoms with van der Waals surface area (Å²) in [7, 11) is -3.09. The van der Waals surface area contributed by atoms with Crippen molar-refractivity contribution in [2.45, 2.75) is 43.7 Å². The van der Waals surface area contributed by atoms with Crippen LogP contribution < -0.4 is 5.73 Å². The minimum atomic E-state index is -3.09. The topological polar surface area (TPSA) is 60.2 Å². The van der Waals surface area contributed by atoms with Crippen LogP contribution in [0, 0.1) is 12.8 Å². The smallest absolute Gasteiger partial charge is 0.157 e. The van der Waals surface area contributed by atoms with Crippen LogP contribution >= 0.6 is 0 Å². The molecule has 0 amide bonds. The highest BCUT2D eigenvalue weighted by atomic mass is 32.2. The Kier molecular flexibility index (Phi) is 3.78. The van der Waals surface area contributed by atoms with Crippen LogP contribution in [0.1, 0.15) is 30.9 Å². The molecule has 2 rings (SSSR count). The Morgan fingerprint density at radius 3 is 2.61 bits per heavy atom. The van der Waals surface area contributed by atoms with Crippen LogP contribution in [0.25, 0.3) is 0 Å². The van der Waals surface area contributed by atoms with Gasteiger partial charge in [-0.15, -0.1) is 0 Å². The lowest BCUT2D eigenvalue weighted by atomic mass is 10.1. The second-order valence-electron chi connectivity index (χ2n) is 5.44. The first-order valence-corrected chi connectivity index (χ1v) is 8.14. The Hall–Kier alpha value is -0.870. The lowest BCUT2D eigenvalue weighted by Gasteiger charge is -2.18. The van der Waals surface area contributed by atoms with Crippen LogP contribution in [0.15, 0.2) is 24.3 Å². The zero-order chi connectivity index (χ0) is 13.3. The number of rotatable bonds is 3. The first-order chi connectivity index (χ1) is 8.40. The Labute approximate surface area is 109 Å². The molecular formula is C14H21NO2S. The molecular weight excluding hydrogens is 246 g/mol. The van der Waals surface area contributed by atoms with Gasteiger partial charge in [-0.3, -0.25) is 0 Å². The van der Waals surface area contributed by atoms with Gasteiger partial charge in [-0.1, -0.05) is 36.8 Å². The maximum absolute atomic E-state index is 12.4. The van der Waals surface area contributed by atoms with Crippen molar-refractivity contribution < 1.29 is 8.42 Å². The average molecular weight is 267 g/mol. The molecule has 3 nitrogen and oxygen atoms in total. The molecule has 1 aliphatic carbocycles. The van der Waals surface area contributed by atoms with E-state index in [1.165, 1.54) is 0 Å². The van der Waals surface area contributed by atoms with Crippen LogP contribution in [0.4, 0.5) is 0 Å². The van der Waals surface area contributed by atoms with E-state index in [4.69, 9.17) is 5.73 Å². The summed E-state index contributed by atoms with van der Waals surface area (Å²) in [6.45, 7) is 3.93. The van der Waals surface area contributed by atoms with Gasteiger partial charge in [0, 0.05) is 6.04 Å². The van der Waals surface area contributed by atoms with Gasteiger partial charge in [0.2, 0.25) is 0 Å². The molecule has 1 saturated carbocycles. The van der Waals surface area contributed by atoms with Crippen molar-refractivity contribution in [1.29, 1.82) is 0 Å². The Balaban J connectivity index is 2.18. The molecule has 1 fully saturated rings. The fourth-order valence-corrected chi connectivity index (χ4v) is 5.02. The first kappa shape index (κ1) is 13.6. The first-order valence-electron chi connectivity index (χ1n) is 6.43. The quantitative estimate of drug-likeness (QED) is 0.911. The van der Waals surface area contributed by atoms with E-state index in [9.17, 15) is 8.42 Å². The molecule has 1 aliphatic rings. The summed E-state index contributed by atoms with van der Waals surface area (Å²) in [5, 5.41) is -0.270. The highest BCUT2D eigenvalue weighted by Gasteiger charge is 2.38. The van der Waals surface area contributed by atoms with Gasteiger partial charge in [0.05, 0.1) is 11.0 Å². The van der Waals surface area contributed by atoms with Crippen LogP contribution in [-0.2, 0) is 15.6 Å². The van der Waals surface area contributed by atoms with Crippen molar-refractivity contribution in [2.75, 3.05) is 0 Å². The van der Waals surface area contributed by atoms with Gasteiger partial charge in [-0.25, -0.2) is 8.42 Å². The standard InChI is InChI=1S/C14H21NO2S/c1-10-4-3-5-12(8-10)9-18(16,17)14-7-6-13(15)11(14)2/h3-5,8,11,13-14H,6-7,9,15H2,1-2H3. The van der Waals surface area contributed by atoms with Crippen LogP contribution in [-0.4, -0.2) is 19.7 Å². The molecule has 1 aromatic carbocycles. The molecule has 1 aromatic rings. The van der Waals surface area contributed by atoms with Gasteiger partial charge >= 0.3 is 0 Å². The maximum atomic E-state index is 12.4. The monoisotopic (exact) mass is 267 g/mol. The molecule has 0 heterocycles. The number of benzene rings is 1. The van der Waals surface area contributed by atoms with E-state index < -0.39 is 9.84 Å². The van der Waals surface area contributed by atoms with Gasteiger partial charge < -0.3 is 5.73 Å². The van der Waals surface area contributed by atoms with Crippen LogP contribution in [0.2, 0.25) is 0 Å². The number of nitrogens with two attached hydrogens (primary N) is 1. The van der Waals surface area contributed by atoms with E-state index in [0.29, 0.717) is 6.42 Å². The highest BCUT2D eigenvalue weighted by Crippen LogP contribution is 2.31. The zero-order valence-corrected chi connectivity index (χ0v) is 11.8. The van der Waals surface area contributed by atoms with Crippen molar-refractivity contribution in [3.8, 4) is 0 Å². The van der Waals surface area contributed by atoms with Crippen molar-refractivity contribution in [2.24, 2.45) is 11.7 Å². The zero-order valence-electron chi connectivity index (χ0n) is 11.0. The third kappa shape index (κ3) is 2.75.